The molecule has 0 bridgehead atoms. The molecule has 0 saturated heterocycles. The maximum atomic E-state index is 2.61. The van der Waals surface area contributed by atoms with Crippen LogP contribution in [0.25, 0.3) is 66.1 Å². The molecule has 3 nitrogen and oxygen atoms in total. The second-order valence-corrected chi connectivity index (χ2v) is 15.2. The van der Waals surface area contributed by atoms with Crippen molar-refractivity contribution in [3.05, 3.63) is 164 Å². The van der Waals surface area contributed by atoms with Crippen LogP contribution >= 0.6 is 0 Å². The molecule has 14 rings (SSSR count). The predicted octanol–water partition coefficient (Wildman–Crippen LogP) is 7.30. The molecule has 10 aromatic rings. The Labute approximate surface area is 306 Å². The van der Waals surface area contributed by atoms with Crippen LogP contribution in [0.2, 0.25) is 0 Å². The maximum Gasteiger partial charge on any atom is 0.252 e. The topological polar surface area (TPSA) is 13.1 Å². The van der Waals surface area contributed by atoms with Gasteiger partial charge in [0.2, 0.25) is 6.71 Å². The van der Waals surface area contributed by atoms with Crippen molar-refractivity contribution in [1.29, 1.82) is 0 Å². The lowest BCUT2D eigenvalue weighted by molar-refractivity contribution is 1.16. The Morgan fingerprint density at radius 3 is 1.64 bits per heavy atom. The summed E-state index contributed by atoms with van der Waals surface area (Å²) >= 11 is 0. The number of fused-ring (bicyclic) bond motifs is 17. The van der Waals surface area contributed by atoms with E-state index in [0.717, 1.165) is 0 Å². The highest BCUT2D eigenvalue weighted by atomic mass is 15.2. The SMILES string of the molecule is c1ccc(N2c3ccccc3B3c4cc5c(cc4-n4c6ccccc6c6ccc2c3c64)B2c3ccccc3-c3ccc4c6ccccc6n-5c4c32)cc1. The number of rotatable bonds is 1. The minimum Gasteiger partial charge on any atom is -0.311 e. The van der Waals surface area contributed by atoms with Gasteiger partial charge in [-0.1, -0.05) is 121 Å². The normalized spacial score (nSPS) is 13.9. The molecule has 8 aromatic carbocycles. The molecule has 0 fully saturated rings. The van der Waals surface area contributed by atoms with Gasteiger partial charge in [-0.25, -0.2) is 0 Å². The average Bonchev–Trinajstić information content (AvgIpc) is 3.86. The van der Waals surface area contributed by atoms with Gasteiger partial charge in [-0.2, -0.15) is 0 Å². The van der Waals surface area contributed by atoms with E-state index in [2.05, 4.69) is 178 Å². The first-order valence-electron chi connectivity index (χ1n) is 18.7. The van der Waals surface area contributed by atoms with Crippen molar-refractivity contribution in [2.75, 3.05) is 4.90 Å². The second-order valence-electron chi connectivity index (χ2n) is 15.2. The first-order valence-corrected chi connectivity index (χ1v) is 18.7. The van der Waals surface area contributed by atoms with E-state index in [1.165, 1.54) is 116 Å². The molecule has 6 heterocycles. The van der Waals surface area contributed by atoms with Crippen molar-refractivity contribution in [3.63, 3.8) is 0 Å². The molecule has 5 heteroatoms. The molecule has 0 spiro atoms. The fraction of sp³-hybridized carbons (Fsp3) is 0. The number of hydrogen-bond donors (Lipinski definition) is 0. The summed E-state index contributed by atoms with van der Waals surface area (Å²) in [5.41, 5.74) is 22.6. The molecule has 53 heavy (non-hydrogen) atoms. The van der Waals surface area contributed by atoms with Crippen LogP contribution in [-0.2, 0) is 0 Å². The van der Waals surface area contributed by atoms with E-state index >= 15 is 0 Å². The van der Waals surface area contributed by atoms with Crippen molar-refractivity contribution >= 4 is 107 Å². The Balaban J connectivity index is 1.18. The third kappa shape index (κ3) is 3.03. The van der Waals surface area contributed by atoms with Gasteiger partial charge in [0.1, 0.15) is 0 Å². The van der Waals surface area contributed by atoms with Crippen molar-refractivity contribution in [3.8, 4) is 22.5 Å². The third-order valence-electron chi connectivity index (χ3n) is 12.9. The van der Waals surface area contributed by atoms with E-state index in [0.29, 0.717) is 0 Å². The molecular weight excluding hydrogens is 640 g/mol. The number of benzene rings is 8. The molecule has 0 aliphatic carbocycles. The summed E-state index contributed by atoms with van der Waals surface area (Å²) in [6.07, 6.45) is 0. The molecule has 0 saturated carbocycles. The summed E-state index contributed by atoms with van der Waals surface area (Å²) in [4.78, 5) is 2.49. The number of para-hydroxylation sites is 4. The van der Waals surface area contributed by atoms with E-state index in [1.807, 2.05) is 0 Å². The van der Waals surface area contributed by atoms with E-state index in [-0.39, 0.29) is 13.4 Å². The minimum atomic E-state index is 0.0721. The molecular formula is C48H27B2N3. The van der Waals surface area contributed by atoms with Crippen LogP contribution in [-0.4, -0.2) is 22.6 Å². The lowest BCUT2D eigenvalue weighted by atomic mass is 9.32. The summed E-state index contributed by atoms with van der Waals surface area (Å²) < 4.78 is 5.22. The molecule has 0 N–H and O–H groups in total. The summed E-state index contributed by atoms with van der Waals surface area (Å²) in [5, 5.41) is 5.28. The van der Waals surface area contributed by atoms with E-state index in [1.54, 1.807) is 0 Å². The van der Waals surface area contributed by atoms with Crippen LogP contribution in [0.1, 0.15) is 0 Å². The fourth-order valence-corrected chi connectivity index (χ4v) is 11.0. The third-order valence-corrected chi connectivity index (χ3v) is 12.9. The second kappa shape index (κ2) is 9.20. The van der Waals surface area contributed by atoms with Crippen molar-refractivity contribution in [1.82, 2.24) is 9.13 Å². The van der Waals surface area contributed by atoms with Gasteiger partial charge in [-0.05, 0) is 87.0 Å². The number of nitrogens with zero attached hydrogens (tertiary/aromatic N) is 3. The van der Waals surface area contributed by atoms with Gasteiger partial charge in [0.25, 0.3) is 6.71 Å². The predicted molar refractivity (Wildman–Crippen MR) is 225 cm³/mol. The van der Waals surface area contributed by atoms with Crippen LogP contribution in [0.4, 0.5) is 17.1 Å². The summed E-state index contributed by atoms with van der Waals surface area (Å²) in [6.45, 7) is 0.238. The Morgan fingerprint density at radius 2 is 0.906 bits per heavy atom. The fourth-order valence-electron chi connectivity index (χ4n) is 11.0. The number of hydrogen-bond acceptors (Lipinski definition) is 1. The Bertz CT molecular complexity index is 3320. The monoisotopic (exact) mass is 667 g/mol. The minimum absolute atomic E-state index is 0.0721. The number of aromatic nitrogens is 2. The molecule has 4 aliphatic heterocycles. The van der Waals surface area contributed by atoms with Crippen LogP contribution < -0.4 is 37.7 Å². The molecule has 2 aromatic heterocycles. The van der Waals surface area contributed by atoms with Crippen LogP contribution in [0, 0.1) is 0 Å². The average molecular weight is 667 g/mol. The van der Waals surface area contributed by atoms with E-state index in [9.17, 15) is 0 Å². The largest absolute Gasteiger partial charge is 0.311 e. The van der Waals surface area contributed by atoms with Crippen LogP contribution in [0.5, 0.6) is 0 Å². The zero-order chi connectivity index (χ0) is 34.1. The Hall–Kier alpha value is -6.71. The molecule has 0 atom stereocenters. The molecule has 0 radical (unpaired) electrons. The van der Waals surface area contributed by atoms with E-state index < -0.39 is 0 Å². The lowest BCUT2D eigenvalue weighted by Crippen LogP contribution is -2.61. The van der Waals surface area contributed by atoms with Crippen molar-refractivity contribution in [2.24, 2.45) is 0 Å². The lowest BCUT2D eigenvalue weighted by Gasteiger charge is -2.40. The maximum absolute atomic E-state index is 2.61. The summed E-state index contributed by atoms with van der Waals surface area (Å²) in [7, 11) is 0. The Morgan fingerprint density at radius 1 is 0.340 bits per heavy atom. The van der Waals surface area contributed by atoms with Gasteiger partial charge in [-0.15, -0.1) is 0 Å². The summed E-state index contributed by atoms with van der Waals surface area (Å²) in [6, 6.07) is 61.8. The standard InChI is InChI=1S/C48H27B2N3/c1-2-12-28(13-3-1)51-41-21-11-8-18-36(41)50-38-27-43-37(26-44(38)53-40-20-10-6-16-31(40)34-24-25-42(51)46(50)48(34)53)49-35-17-7-4-14-29(35)32-22-23-33-30-15-5-9-19-39(30)52(43)47(33)45(32)49/h1-27H. The molecule has 0 unspecified atom stereocenters. The molecule has 240 valence electrons. The molecule has 4 aliphatic rings. The van der Waals surface area contributed by atoms with E-state index in [4.69, 9.17) is 0 Å². The Kier molecular flexibility index (Phi) is 4.69. The van der Waals surface area contributed by atoms with Gasteiger partial charge >= 0.3 is 0 Å². The van der Waals surface area contributed by atoms with Crippen LogP contribution in [0.15, 0.2) is 164 Å². The summed E-state index contributed by atoms with van der Waals surface area (Å²) in [5.74, 6) is 0. The van der Waals surface area contributed by atoms with Gasteiger partial charge in [-0.3, -0.25) is 0 Å². The first kappa shape index (κ1) is 27.0. The highest BCUT2D eigenvalue weighted by Crippen LogP contribution is 2.44. The zero-order valence-electron chi connectivity index (χ0n) is 28.6. The highest BCUT2D eigenvalue weighted by molar-refractivity contribution is 7.03. The molecule has 0 amide bonds. The van der Waals surface area contributed by atoms with Crippen molar-refractivity contribution < 1.29 is 0 Å². The van der Waals surface area contributed by atoms with Gasteiger partial charge < -0.3 is 14.0 Å². The zero-order valence-corrected chi connectivity index (χ0v) is 28.6. The quantitative estimate of drug-likeness (QED) is 0.168. The number of anilines is 3. The smallest absolute Gasteiger partial charge is 0.252 e. The van der Waals surface area contributed by atoms with Crippen molar-refractivity contribution in [2.45, 2.75) is 0 Å². The van der Waals surface area contributed by atoms with Gasteiger partial charge in [0.05, 0.1) is 16.6 Å². The first-order chi connectivity index (χ1) is 26.3. The highest BCUT2D eigenvalue weighted by Gasteiger charge is 2.46. The van der Waals surface area contributed by atoms with Gasteiger partial charge in [0, 0.05) is 55.5 Å². The van der Waals surface area contributed by atoms with Gasteiger partial charge in [0.15, 0.2) is 0 Å². The van der Waals surface area contributed by atoms with Crippen LogP contribution in [0.3, 0.4) is 0 Å².